The highest BCUT2D eigenvalue weighted by Gasteiger charge is 2.13. The van der Waals surface area contributed by atoms with Crippen LogP contribution in [0.25, 0.3) is 77.1 Å². The van der Waals surface area contributed by atoms with E-state index in [1.165, 1.54) is 38.2 Å². The average molecular weight is 535 g/mol. The standard InChI is InChI=1S/C40H26N2/c1-3-8-31-22-33(17-13-27(31)6-1)34-19-20-39-38(24-34)37(30-15-11-29(12-16-30)36-10-5-21-41-26-36)25-40(42-39)35-18-14-28-7-2-4-9-32(28)23-35/h1-26H. The minimum absolute atomic E-state index is 0.970. The summed E-state index contributed by atoms with van der Waals surface area (Å²) in [6, 6.07) is 52.0. The van der Waals surface area contributed by atoms with Crippen LogP contribution in [-0.2, 0) is 0 Å². The first-order valence-electron chi connectivity index (χ1n) is 14.2. The maximum Gasteiger partial charge on any atom is 0.0716 e. The molecule has 0 atom stereocenters. The van der Waals surface area contributed by atoms with E-state index in [0.717, 1.165) is 38.9 Å². The minimum Gasteiger partial charge on any atom is -0.264 e. The number of hydrogen-bond donors (Lipinski definition) is 0. The van der Waals surface area contributed by atoms with Crippen LogP contribution < -0.4 is 0 Å². The van der Waals surface area contributed by atoms with Crippen LogP contribution >= 0.6 is 0 Å². The van der Waals surface area contributed by atoms with Crippen LogP contribution in [0.15, 0.2) is 158 Å². The van der Waals surface area contributed by atoms with E-state index in [4.69, 9.17) is 4.98 Å². The van der Waals surface area contributed by atoms with Gasteiger partial charge in [-0.2, -0.15) is 0 Å². The van der Waals surface area contributed by atoms with Gasteiger partial charge in [-0.1, -0.05) is 109 Å². The van der Waals surface area contributed by atoms with E-state index in [9.17, 15) is 0 Å². The van der Waals surface area contributed by atoms with Crippen molar-refractivity contribution < 1.29 is 0 Å². The zero-order chi connectivity index (χ0) is 27.9. The summed E-state index contributed by atoms with van der Waals surface area (Å²) in [7, 11) is 0. The molecule has 2 nitrogen and oxygen atoms in total. The smallest absolute Gasteiger partial charge is 0.0716 e. The largest absolute Gasteiger partial charge is 0.264 e. The molecular formula is C40H26N2. The van der Waals surface area contributed by atoms with Crippen molar-refractivity contribution in [1.82, 2.24) is 9.97 Å². The normalized spacial score (nSPS) is 11.3. The summed E-state index contributed by atoms with van der Waals surface area (Å²) in [5.41, 5.74) is 10.0. The van der Waals surface area contributed by atoms with Crippen LogP contribution in [0.4, 0.5) is 0 Å². The van der Waals surface area contributed by atoms with Crippen molar-refractivity contribution in [3.63, 3.8) is 0 Å². The maximum atomic E-state index is 5.18. The molecule has 0 aliphatic rings. The monoisotopic (exact) mass is 534 g/mol. The molecule has 8 aromatic rings. The molecule has 0 fully saturated rings. The summed E-state index contributed by atoms with van der Waals surface area (Å²) in [4.78, 5) is 9.48. The second-order valence-corrected chi connectivity index (χ2v) is 10.7. The van der Waals surface area contributed by atoms with Gasteiger partial charge in [-0.05, 0) is 91.3 Å². The number of fused-ring (bicyclic) bond motifs is 3. The number of nitrogens with zero attached hydrogens (tertiary/aromatic N) is 2. The highest BCUT2D eigenvalue weighted by molar-refractivity contribution is 6.00. The Kier molecular flexibility index (Phi) is 5.82. The molecule has 0 radical (unpaired) electrons. The molecule has 6 aromatic carbocycles. The van der Waals surface area contributed by atoms with E-state index in [0.29, 0.717) is 0 Å². The molecular weight excluding hydrogens is 508 g/mol. The first-order valence-corrected chi connectivity index (χ1v) is 14.2. The summed E-state index contributed by atoms with van der Waals surface area (Å²) >= 11 is 0. The summed E-state index contributed by atoms with van der Waals surface area (Å²) in [6.45, 7) is 0. The van der Waals surface area contributed by atoms with Gasteiger partial charge in [0.05, 0.1) is 11.2 Å². The van der Waals surface area contributed by atoms with Crippen molar-refractivity contribution in [2.45, 2.75) is 0 Å². The molecule has 0 saturated heterocycles. The highest BCUT2D eigenvalue weighted by atomic mass is 14.7. The zero-order valence-electron chi connectivity index (χ0n) is 22.9. The van der Waals surface area contributed by atoms with Crippen molar-refractivity contribution in [3.05, 3.63) is 158 Å². The third-order valence-electron chi connectivity index (χ3n) is 8.13. The Balaban J connectivity index is 1.31. The number of pyridine rings is 2. The fraction of sp³-hybridized carbons (Fsp3) is 0. The van der Waals surface area contributed by atoms with Gasteiger partial charge in [0.1, 0.15) is 0 Å². The quantitative estimate of drug-likeness (QED) is 0.224. The molecule has 2 heteroatoms. The Morgan fingerprint density at radius 2 is 0.976 bits per heavy atom. The van der Waals surface area contributed by atoms with Crippen molar-refractivity contribution in [2.75, 3.05) is 0 Å². The second kappa shape index (κ2) is 10.1. The van der Waals surface area contributed by atoms with Crippen LogP contribution in [-0.4, -0.2) is 9.97 Å². The fourth-order valence-electron chi connectivity index (χ4n) is 5.89. The molecule has 0 aliphatic carbocycles. The van der Waals surface area contributed by atoms with E-state index in [1.54, 1.807) is 0 Å². The summed E-state index contributed by atoms with van der Waals surface area (Å²) in [6.07, 6.45) is 3.72. The van der Waals surface area contributed by atoms with Gasteiger partial charge < -0.3 is 0 Å². The van der Waals surface area contributed by atoms with Crippen LogP contribution in [0, 0.1) is 0 Å². The van der Waals surface area contributed by atoms with Gasteiger partial charge in [-0.3, -0.25) is 4.98 Å². The third kappa shape index (κ3) is 4.40. The molecule has 8 rings (SSSR count). The summed E-state index contributed by atoms with van der Waals surface area (Å²) < 4.78 is 0. The van der Waals surface area contributed by atoms with Gasteiger partial charge in [0.25, 0.3) is 0 Å². The molecule has 0 bridgehead atoms. The number of aromatic nitrogens is 2. The summed E-state index contributed by atoms with van der Waals surface area (Å²) in [5, 5.41) is 6.07. The Labute approximate surface area is 244 Å². The first-order chi connectivity index (χ1) is 20.8. The second-order valence-electron chi connectivity index (χ2n) is 10.7. The lowest BCUT2D eigenvalue weighted by Gasteiger charge is -2.13. The molecule has 42 heavy (non-hydrogen) atoms. The van der Waals surface area contributed by atoms with Gasteiger partial charge in [0.15, 0.2) is 0 Å². The molecule has 2 aromatic heterocycles. The minimum atomic E-state index is 0.970. The van der Waals surface area contributed by atoms with Gasteiger partial charge in [-0.25, -0.2) is 4.98 Å². The van der Waals surface area contributed by atoms with Crippen molar-refractivity contribution >= 4 is 32.4 Å². The van der Waals surface area contributed by atoms with Gasteiger partial charge in [0, 0.05) is 23.3 Å². The Hall–Kier alpha value is -5.60. The van der Waals surface area contributed by atoms with Crippen LogP contribution in [0.5, 0.6) is 0 Å². The van der Waals surface area contributed by atoms with Gasteiger partial charge in [0.2, 0.25) is 0 Å². The van der Waals surface area contributed by atoms with E-state index in [-0.39, 0.29) is 0 Å². The Bertz CT molecular complexity index is 2230. The molecule has 0 N–H and O–H groups in total. The van der Waals surface area contributed by atoms with Crippen molar-refractivity contribution in [2.24, 2.45) is 0 Å². The Morgan fingerprint density at radius 1 is 0.381 bits per heavy atom. The molecule has 0 amide bonds. The van der Waals surface area contributed by atoms with Crippen molar-refractivity contribution in [3.8, 4) is 44.6 Å². The summed E-state index contributed by atoms with van der Waals surface area (Å²) in [5.74, 6) is 0. The predicted octanol–water partition coefficient (Wildman–Crippen LogP) is 10.6. The Morgan fingerprint density at radius 3 is 1.69 bits per heavy atom. The van der Waals surface area contributed by atoms with E-state index < -0.39 is 0 Å². The number of benzene rings is 6. The topological polar surface area (TPSA) is 25.8 Å². The van der Waals surface area contributed by atoms with Crippen LogP contribution in [0.1, 0.15) is 0 Å². The molecule has 0 unspecified atom stereocenters. The van der Waals surface area contributed by atoms with E-state index in [1.807, 2.05) is 18.5 Å². The third-order valence-corrected chi connectivity index (χ3v) is 8.13. The number of rotatable bonds is 4. The maximum absolute atomic E-state index is 5.18. The fourth-order valence-corrected chi connectivity index (χ4v) is 5.89. The lowest BCUT2D eigenvalue weighted by Crippen LogP contribution is -1.91. The van der Waals surface area contributed by atoms with Crippen LogP contribution in [0.2, 0.25) is 0 Å². The van der Waals surface area contributed by atoms with E-state index in [2.05, 4.69) is 145 Å². The lowest BCUT2D eigenvalue weighted by molar-refractivity contribution is 1.33. The molecule has 2 heterocycles. The van der Waals surface area contributed by atoms with E-state index >= 15 is 0 Å². The average Bonchev–Trinajstić information content (AvgIpc) is 3.07. The van der Waals surface area contributed by atoms with Crippen LogP contribution in [0.3, 0.4) is 0 Å². The molecule has 0 aliphatic heterocycles. The first kappa shape index (κ1) is 24.2. The lowest BCUT2D eigenvalue weighted by atomic mass is 9.93. The molecule has 196 valence electrons. The number of hydrogen-bond acceptors (Lipinski definition) is 2. The van der Waals surface area contributed by atoms with Gasteiger partial charge >= 0.3 is 0 Å². The van der Waals surface area contributed by atoms with Crippen molar-refractivity contribution in [1.29, 1.82) is 0 Å². The highest BCUT2D eigenvalue weighted by Crippen LogP contribution is 2.36. The molecule has 0 saturated carbocycles. The predicted molar refractivity (Wildman–Crippen MR) is 176 cm³/mol. The zero-order valence-corrected chi connectivity index (χ0v) is 22.9. The van der Waals surface area contributed by atoms with Gasteiger partial charge in [-0.15, -0.1) is 0 Å². The molecule has 0 spiro atoms. The SMILES string of the molecule is c1cncc(-c2ccc(-c3cc(-c4ccc5ccccc5c4)nc4ccc(-c5ccc6ccccc6c5)cc34)cc2)c1.